The average molecular weight is 562 g/mol. The third-order valence-corrected chi connectivity index (χ3v) is 8.22. The maximum absolute atomic E-state index is 13.0. The molecule has 6 N–H and O–H groups in total. The molecule has 0 aromatic heterocycles. The molecule has 39 heavy (non-hydrogen) atoms. The van der Waals surface area contributed by atoms with Gasteiger partial charge in [0.1, 0.15) is 36.6 Å². The van der Waals surface area contributed by atoms with Gasteiger partial charge in [-0.1, -0.05) is 58.3 Å². The van der Waals surface area contributed by atoms with Crippen LogP contribution in [0.1, 0.15) is 97.8 Å². The molecule has 2 saturated heterocycles. The smallest absolute Gasteiger partial charge is 0.222 e. The van der Waals surface area contributed by atoms with E-state index in [4.69, 9.17) is 18.9 Å². The van der Waals surface area contributed by atoms with Crippen molar-refractivity contribution in [2.24, 2.45) is 0 Å². The van der Waals surface area contributed by atoms with E-state index in [1.807, 2.05) is 0 Å². The summed E-state index contributed by atoms with van der Waals surface area (Å²) in [7, 11) is 0. The first-order valence-corrected chi connectivity index (χ1v) is 14.9. The Morgan fingerprint density at radius 1 is 0.821 bits per heavy atom. The summed E-state index contributed by atoms with van der Waals surface area (Å²) in [5.74, 6) is -0.0978. The van der Waals surface area contributed by atoms with Gasteiger partial charge < -0.3 is 49.8 Å². The SMILES string of the molecule is CCCCCCCC(CC(=O)NC1CCCCC1)O[C@@H]1O[C@@H](C)[C@H](O)[C@@H](O)[C@H]1O[C@@H]1O[C@@H](C)[C@H](O)[C@@H](O)[C@H]1O. The highest BCUT2D eigenvalue weighted by Gasteiger charge is 2.50. The van der Waals surface area contributed by atoms with Crippen LogP contribution < -0.4 is 5.32 Å². The Bertz CT molecular complexity index is 722. The Balaban J connectivity index is 1.70. The molecule has 0 spiro atoms. The van der Waals surface area contributed by atoms with Crippen LogP contribution in [0.4, 0.5) is 0 Å². The van der Waals surface area contributed by atoms with Crippen molar-refractivity contribution < 1.29 is 49.3 Å². The van der Waals surface area contributed by atoms with Crippen LogP contribution >= 0.6 is 0 Å². The van der Waals surface area contributed by atoms with Gasteiger partial charge >= 0.3 is 0 Å². The molecule has 2 heterocycles. The number of aliphatic hydroxyl groups excluding tert-OH is 5. The lowest BCUT2D eigenvalue weighted by Gasteiger charge is -2.46. The first-order valence-electron chi connectivity index (χ1n) is 14.9. The van der Waals surface area contributed by atoms with Crippen molar-refractivity contribution in [3.8, 4) is 0 Å². The zero-order valence-electron chi connectivity index (χ0n) is 23.7. The van der Waals surface area contributed by atoms with Crippen molar-refractivity contribution in [3.63, 3.8) is 0 Å². The normalized spacial score (nSPS) is 38.9. The van der Waals surface area contributed by atoms with Crippen LogP contribution in [-0.2, 0) is 23.7 Å². The highest BCUT2D eigenvalue weighted by molar-refractivity contribution is 5.76. The summed E-state index contributed by atoms with van der Waals surface area (Å²) in [6.07, 6.45) is -1.93. The Labute approximate surface area is 232 Å². The van der Waals surface area contributed by atoms with Gasteiger partial charge in [-0.15, -0.1) is 0 Å². The number of ether oxygens (including phenoxy) is 4. The second-order valence-electron chi connectivity index (χ2n) is 11.5. The van der Waals surface area contributed by atoms with Crippen LogP contribution in [-0.4, -0.2) is 105 Å². The van der Waals surface area contributed by atoms with Gasteiger partial charge in [-0.2, -0.15) is 0 Å². The van der Waals surface area contributed by atoms with E-state index in [0.717, 1.165) is 57.8 Å². The minimum Gasteiger partial charge on any atom is -0.388 e. The van der Waals surface area contributed by atoms with Crippen molar-refractivity contribution in [1.82, 2.24) is 5.32 Å². The molecule has 11 atom stereocenters. The minimum absolute atomic E-state index is 0.0978. The molecule has 3 rings (SSSR count). The molecule has 228 valence electrons. The van der Waals surface area contributed by atoms with Crippen molar-refractivity contribution in [3.05, 3.63) is 0 Å². The molecular formula is C28H51NO10. The summed E-state index contributed by atoms with van der Waals surface area (Å²) in [6, 6.07) is 0.171. The van der Waals surface area contributed by atoms with Gasteiger partial charge in [0.2, 0.25) is 5.91 Å². The van der Waals surface area contributed by atoms with Crippen molar-refractivity contribution in [2.45, 2.75) is 171 Å². The summed E-state index contributed by atoms with van der Waals surface area (Å²) in [5.41, 5.74) is 0. The third kappa shape index (κ3) is 9.31. The van der Waals surface area contributed by atoms with Crippen LogP contribution in [0.5, 0.6) is 0 Å². The van der Waals surface area contributed by atoms with E-state index in [-0.39, 0.29) is 18.4 Å². The van der Waals surface area contributed by atoms with E-state index >= 15 is 0 Å². The topological polar surface area (TPSA) is 167 Å². The number of aliphatic hydroxyl groups is 5. The van der Waals surface area contributed by atoms with E-state index in [1.165, 1.54) is 13.3 Å². The molecule has 1 aliphatic carbocycles. The summed E-state index contributed by atoms with van der Waals surface area (Å²) >= 11 is 0. The number of amides is 1. The molecule has 2 aliphatic heterocycles. The van der Waals surface area contributed by atoms with Crippen LogP contribution in [0.2, 0.25) is 0 Å². The average Bonchev–Trinajstić information content (AvgIpc) is 2.91. The maximum Gasteiger partial charge on any atom is 0.222 e. The molecule has 1 amide bonds. The standard InChI is InChI=1S/C28H51NO10/c1-4-5-6-7-11-14-19(15-20(30)29-18-12-9-8-10-13-18)38-28-26(24(34)22(32)17(3)37-28)39-27-25(35)23(33)21(31)16(2)36-27/h16-19,21-28,31-35H,4-15H2,1-3H3,(H,29,30)/t16-,17-,19?,21-,22-,23+,24+,25+,26+,27-,28-/m0/s1. The van der Waals surface area contributed by atoms with E-state index in [1.54, 1.807) is 6.92 Å². The molecule has 0 radical (unpaired) electrons. The Morgan fingerprint density at radius 2 is 1.44 bits per heavy atom. The molecule has 0 bridgehead atoms. The minimum atomic E-state index is -1.60. The molecule has 0 aromatic rings. The number of carbonyl (C=O) groups is 1. The number of nitrogens with one attached hydrogen (secondary N) is 1. The van der Waals surface area contributed by atoms with E-state index < -0.39 is 67.5 Å². The summed E-state index contributed by atoms with van der Waals surface area (Å²) < 4.78 is 23.6. The van der Waals surface area contributed by atoms with Crippen molar-refractivity contribution >= 4 is 5.91 Å². The quantitative estimate of drug-likeness (QED) is 0.180. The fourth-order valence-electron chi connectivity index (χ4n) is 5.66. The fraction of sp³-hybridized carbons (Fsp3) is 0.964. The molecular weight excluding hydrogens is 510 g/mol. The van der Waals surface area contributed by atoms with Crippen molar-refractivity contribution in [2.75, 3.05) is 0 Å². The van der Waals surface area contributed by atoms with Crippen molar-refractivity contribution in [1.29, 1.82) is 0 Å². The maximum atomic E-state index is 13.0. The van der Waals surface area contributed by atoms with Crippen LogP contribution in [0.15, 0.2) is 0 Å². The van der Waals surface area contributed by atoms with Gasteiger partial charge in [-0.3, -0.25) is 4.79 Å². The first-order chi connectivity index (χ1) is 18.6. The third-order valence-electron chi connectivity index (χ3n) is 8.22. The molecule has 3 fully saturated rings. The summed E-state index contributed by atoms with van der Waals surface area (Å²) in [6.45, 7) is 5.27. The van der Waals surface area contributed by atoms with Crippen LogP contribution in [0.25, 0.3) is 0 Å². The Kier molecular flexibility index (Phi) is 13.3. The van der Waals surface area contributed by atoms with Crippen LogP contribution in [0.3, 0.4) is 0 Å². The zero-order valence-corrected chi connectivity index (χ0v) is 23.7. The lowest BCUT2D eigenvalue weighted by atomic mass is 9.95. The Morgan fingerprint density at radius 3 is 2.10 bits per heavy atom. The molecule has 11 nitrogen and oxygen atoms in total. The van der Waals surface area contributed by atoms with Gasteiger partial charge in [-0.05, 0) is 33.1 Å². The van der Waals surface area contributed by atoms with Gasteiger partial charge in [0.05, 0.1) is 24.7 Å². The predicted molar refractivity (Wildman–Crippen MR) is 141 cm³/mol. The fourth-order valence-corrected chi connectivity index (χ4v) is 5.66. The molecule has 1 saturated carbocycles. The number of hydrogen-bond donors (Lipinski definition) is 6. The van der Waals surface area contributed by atoms with Gasteiger partial charge in [0.15, 0.2) is 12.6 Å². The second kappa shape index (κ2) is 15.9. The van der Waals surface area contributed by atoms with E-state index in [9.17, 15) is 30.3 Å². The number of unbranched alkanes of at least 4 members (excludes halogenated alkanes) is 4. The number of carbonyl (C=O) groups excluding carboxylic acids is 1. The molecule has 1 unspecified atom stereocenters. The lowest BCUT2D eigenvalue weighted by molar-refractivity contribution is -0.366. The lowest BCUT2D eigenvalue weighted by Crippen LogP contribution is -2.63. The zero-order chi connectivity index (χ0) is 28.5. The van der Waals surface area contributed by atoms with Gasteiger partial charge in [0, 0.05) is 6.04 Å². The number of hydrogen-bond acceptors (Lipinski definition) is 10. The first kappa shape index (κ1) is 32.6. The Hall–Kier alpha value is -0.890. The van der Waals surface area contributed by atoms with Gasteiger partial charge in [0.25, 0.3) is 0 Å². The molecule has 0 aromatic carbocycles. The highest BCUT2D eigenvalue weighted by atomic mass is 16.8. The summed E-state index contributed by atoms with van der Waals surface area (Å²) in [5, 5.41) is 55.2. The number of rotatable bonds is 13. The highest BCUT2D eigenvalue weighted by Crippen LogP contribution is 2.31. The largest absolute Gasteiger partial charge is 0.388 e. The van der Waals surface area contributed by atoms with Gasteiger partial charge in [-0.25, -0.2) is 0 Å². The van der Waals surface area contributed by atoms with E-state index in [2.05, 4.69) is 12.2 Å². The molecule has 3 aliphatic rings. The van der Waals surface area contributed by atoms with Crippen LogP contribution in [0, 0.1) is 0 Å². The summed E-state index contributed by atoms with van der Waals surface area (Å²) in [4.78, 5) is 13.0. The monoisotopic (exact) mass is 561 g/mol. The van der Waals surface area contributed by atoms with E-state index in [0.29, 0.717) is 6.42 Å². The predicted octanol–water partition coefficient (Wildman–Crippen LogP) is 1.25. The second-order valence-corrected chi connectivity index (χ2v) is 11.5. The molecule has 11 heteroatoms.